The summed E-state index contributed by atoms with van der Waals surface area (Å²) in [6.07, 6.45) is 16.0. The summed E-state index contributed by atoms with van der Waals surface area (Å²) >= 11 is 4.19. The van der Waals surface area contributed by atoms with Gasteiger partial charge in [0.2, 0.25) is 0 Å². The maximum atomic E-state index is 4.50. The molecule has 1 nitrogen and oxygen atoms in total. The molecule has 0 heterocycles. The van der Waals surface area contributed by atoms with Crippen LogP contribution in [-0.2, 0) is 27.5 Å². The number of hydrogen-bond acceptors (Lipinski definition) is 1. The largest absolute Gasteiger partial charge is 0.283 e. The molecule has 2 aliphatic rings. The zero-order valence-electron chi connectivity index (χ0n) is 8.16. The smallest absolute Gasteiger partial charge is 0.0606 e. The Bertz CT molecular complexity index is 262. The molecule has 14 heavy (non-hydrogen) atoms. The molecule has 3 heteroatoms. The van der Waals surface area contributed by atoms with Crippen LogP contribution in [0.2, 0.25) is 0 Å². The van der Waals surface area contributed by atoms with Crippen LogP contribution >= 0.6 is 11.9 Å². The molecule has 0 saturated heterocycles. The van der Waals surface area contributed by atoms with Gasteiger partial charge in [-0.25, -0.2) is 0 Å². The van der Waals surface area contributed by atoms with Crippen LogP contribution < -0.4 is 0 Å². The molecule has 0 aromatic carbocycles. The molecule has 0 aliphatic heterocycles. The van der Waals surface area contributed by atoms with Crippen molar-refractivity contribution in [3.8, 4) is 0 Å². The van der Waals surface area contributed by atoms with E-state index >= 15 is 0 Å². The van der Waals surface area contributed by atoms with Crippen LogP contribution in [0.3, 0.4) is 0 Å². The van der Waals surface area contributed by atoms with Gasteiger partial charge < -0.3 is 0 Å². The fraction of sp³-hybridized carbons (Fsp3) is 0.273. The van der Waals surface area contributed by atoms with Gasteiger partial charge in [-0.15, -0.1) is 0 Å². The first-order chi connectivity index (χ1) is 6.86. The Morgan fingerprint density at radius 1 is 1.14 bits per heavy atom. The SMILES string of the molecule is C1=CC[C]([Zr][C]2=CC=CC2)=C1.COCl. The second kappa shape index (κ2) is 7.39. The fourth-order valence-corrected chi connectivity index (χ4v) is 4.26. The van der Waals surface area contributed by atoms with Crippen molar-refractivity contribution in [1.29, 1.82) is 0 Å². The molecule has 0 radical (unpaired) electrons. The van der Waals surface area contributed by atoms with Crippen molar-refractivity contribution in [2.45, 2.75) is 12.8 Å². The van der Waals surface area contributed by atoms with Crippen molar-refractivity contribution >= 4 is 11.9 Å². The summed E-state index contributed by atoms with van der Waals surface area (Å²) in [4.78, 5) is 0. The zero-order chi connectivity index (χ0) is 10.2. The first kappa shape index (κ1) is 12.2. The second-order valence-corrected chi connectivity index (χ2v) is 7.01. The van der Waals surface area contributed by atoms with Crippen LogP contribution in [-0.4, -0.2) is 7.11 Å². The number of rotatable bonds is 2. The minimum atomic E-state index is -0.312. The van der Waals surface area contributed by atoms with Crippen molar-refractivity contribution in [2.75, 3.05) is 7.11 Å². The summed E-state index contributed by atoms with van der Waals surface area (Å²) in [5, 5.41) is 0. The summed E-state index contributed by atoms with van der Waals surface area (Å²) in [6, 6.07) is 0. The molecule has 0 unspecified atom stereocenters. The molecule has 0 saturated carbocycles. The fourth-order valence-electron chi connectivity index (χ4n) is 1.29. The molecule has 0 N–H and O–H groups in total. The third-order valence-corrected chi connectivity index (χ3v) is 5.27. The number of allylic oxidation sites excluding steroid dienone is 8. The molecular weight excluding hydrogens is 275 g/mol. The number of halogens is 1. The Morgan fingerprint density at radius 3 is 1.86 bits per heavy atom. The normalized spacial score (nSPS) is 17.3. The van der Waals surface area contributed by atoms with Gasteiger partial charge in [-0.05, 0) is 0 Å². The van der Waals surface area contributed by atoms with Crippen LogP contribution in [0.1, 0.15) is 12.8 Å². The van der Waals surface area contributed by atoms with E-state index < -0.39 is 0 Å². The van der Waals surface area contributed by atoms with Gasteiger partial charge in [0, 0.05) is 0 Å². The van der Waals surface area contributed by atoms with E-state index in [1.165, 1.54) is 20.0 Å². The van der Waals surface area contributed by atoms with E-state index in [-0.39, 0.29) is 23.2 Å². The van der Waals surface area contributed by atoms with Crippen LogP contribution in [0.5, 0.6) is 0 Å². The van der Waals surface area contributed by atoms with Crippen LogP contribution in [0, 0.1) is 0 Å². The zero-order valence-corrected chi connectivity index (χ0v) is 11.4. The van der Waals surface area contributed by atoms with Gasteiger partial charge in [0.15, 0.2) is 0 Å². The standard InChI is InChI=1S/2C5H5.CH3ClO.Zr/c2*1-2-4-5-3-1;1-3-2;/h2*1-3H,4H2;1H3;. The predicted octanol–water partition coefficient (Wildman–Crippen LogP) is 3.54. The Morgan fingerprint density at radius 2 is 1.57 bits per heavy atom. The average molecular weight is 288 g/mol. The van der Waals surface area contributed by atoms with E-state index in [1.54, 1.807) is 6.56 Å². The molecule has 74 valence electrons. The minimum absolute atomic E-state index is 0.312. The Kier molecular flexibility index (Phi) is 6.42. The van der Waals surface area contributed by atoms with E-state index in [1.807, 2.05) is 0 Å². The van der Waals surface area contributed by atoms with Crippen LogP contribution in [0.15, 0.2) is 43.0 Å². The third-order valence-electron chi connectivity index (χ3n) is 1.86. The van der Waals surface area contributed by atoms with E-state index in [9.17, 15) is 0 Å². The molecule has 0 aromatic heterocycles. The van der Waals surface area contributed by atoms with E-state index in [4.69, 9.17) is 0 Å². The van der Waals surface area contributed by atoms with Crippen molar-refractivity contribution in [1.82, 2.24) is 0 Å². The van der Waals surface area contributed by atoms with Crippen molar-refractivity contribution in [2.24, 2.45) is 0 Å². The second-order valence-electron chi connectivity index (χ2n) is 2.93. The maximum absolute atomic E-state index is 4.50. The van der Waals surface area contributed by atoms with Crippen LogP contribution in [0.4, 0.5) is 0 Å². The van der Waals surface area contributed by atoms with E-state index in [0.29, 0.717) is 0 Å². The van der Waals surface area contributed by atoms with Gasteiger partial charge in [0.05, 0.1) is 19.0 Å². The molecule has 2 rings (SSSR count). The van der Waals surface area contributed by atoms with Gasteiger partial charge >= 0.3 is 79.1 Å². The summed E-state index contributed by atoms with van der Waals surface area (Å²) in [5.74, 6) is 0. The summed E-state index contributed by atoms with van der Waals surface area (Å²) in [5.41, 5.74) is 0. The summed E-state index contributed by atoms with van der Waals surface area (Å²) < 4.78 is 7.17. The molecule has 0 fully saturated rings. The topological polar surface area (TPSA) is 9.23 Å². The van der Waals surface area contributed by atoms with Gasteiger partial charge in [0.1, 0.15) is 0 Å². The van der Waals surface area contributed by atoms with Crippen molar-refractivity contribution in [3.63, 3.8) is 0 Å². The van der Waals surface area contributed by atoms with Crippen molar-refractivity contribution < 1.29 is 27.5 Å². The molecule has 0 amide bonds. The first-order valence-corrected chi connectivity index (χ1v) is 7.26. The monoisotopic (exact) mass is 286 g/mol. The summed E-state index contributed by atoms with van der Waals surface area (Å²) in [6.45, 7) is 0. The van der Waals surface area contributed by atoms with E-state index in [2.05, 4.69) is 52.6 Å². The van der Waals surface area contributed by atoms with Gasteiger partial charge in [-0.2, -0.15) is 0 Å². The summed E-state index contributed by atoms with van der Waals surface area (Å²) in [7, 11) is 1.39. The quantitative estimate of drug-likeness (QED) is 0.755. The molecule has 0 bridgehead atoms. The van der Waals surface area contributed by atoms with Gasteiger partial charge in [0.25, 0.3) is 0 Å². The first-order valence-electron chi connectivity index (χ1n) is 4.50. The predicted molar refractivity (Wildman–Crippen MR) is 56.5 cm³/mol. The van der Waals surface area contributed by atoms with Gasteiger partial charge in [-0.3, -0.25) is 4.29 Å². The van der Waals surface area contributed by atoms with Crippen LogP contribution in [0.25, 0.3) is 0 Å². The Balaban J connectivity index is 0.000000293. The Labute approximate surface area is 102 Å². The van der Waals surface area contributed by atoms with E-state index in [0.717, 1.165) is 0 Å². The Hall–Kier alpha value is 0.0931. The molecule has 0 atom stereocenters. The van der Waals surface area contributed by atoms with Gasteiger partial charge in [-0.1, -0.05) is 0 Å². The molecular formula is C11H13ClOZr. The minimum Gasteiger partial charge on any atom is -0.283 e. The molecule has 0 aromatic rings. The third kappa shape index (κ3) is 4.55. The van der Waals surface area contributed by atoms with Crippen molar-refractivity contribution in [3.05, 3.63) is 43.0 Å². The number of hydrogen-bond donors (Lipinski definition) is 0. The average Bonchev–Trinajstić information content (AvgIpc) is 2.79. The molecule has 0 spiro atoms. The maximum Gasteiger partial charge on any atom is 0.0606 e. The molecule has 2 aliphatic carbocycles.